The number of likely N-dealkylation sites (tertiary alicyclic amines) is 1. The van der Waals surface area contributed by atoms with Crippen molar-refractivity contribution in [3.05, 3.63) is 114 Å². The van der Waals surface area contributed by atoms with E-state index in [1.54, 1.807) is 52.3 Å². The number of esters is 1. The number of nitrogen functional groups attached to an aromatic ring is 1. The van der Waals surface area contributed by atoms with E-state index in [0.29, 0.717) is 67.0 Å². The Morgan fingerprint density at radius 3 is 2.25 bits per heavy atom. The third-order valence-corrected chi connectivity index (χ3v) is 15.1. The summed E-state index contributed by atoms with van der Waals surface area (Å²) in [5.41, 5.74) is 7.70. The second-order valence-electron chi connectivity index (χ2n) is 19.8. The molecule has 1 aliphatic heterocycles. The molecule has 0 saturated carbocycles. The van der Waals surface area contributed by atoms with Crippen molar-refractivity contribution in [2.75, 3.05) is 59.3 Å². The summed E-state index contributed by atoms with van der Waals surface area (Å²) in [5, 5.41) is 19.8. The Morgan fingerprint density at radius 1 is 0.853 bits per heavy atom. The number of carbonyl (C=O) groups is 5. The van der Waals surface area contributed by atoms with Crippen LogP contribution in [-0.2, 0) is 46.8 Å². The van der Waals surface area contributed by atoms with Crippen LogP contribution >= 0.6 is 0 Å². The Hall–Kier alpha value is -6.70. The quantitative estimate of drug-likeness (QED) is 0.0179. The zero-order valence-electron chi connectivity index (χ0n) is 44.3. The maximum absolute atomic E-state index is 14.1. The highest BCUT2D eigenvalue weighted by Gasteiger charge is 2.41. The molecule has 0 spiro atoms. The first-order chi connectivity index (χ1) is 35.8. The van der Waals surface area contributed by atoms with Crippen LogP contribution in [0.5, 0.6) is 17.2 Å². The summed E-state index contributed by atoms with van der Waals surface area (Å²) in [6, 6.07) is 25.2. The zero-order valence-corrected chi connectivity index (χ0v) is 45.2. The van der Waals surface area contributed by atoms with E-state index in [2.05, 4.69) is 16.0 Å². The molecule has 4 atom stereocenters. The van der Waals surface area contributed by atoms with E-state index in [1.807, 2.05) is 69.3 Å². The number of aliphatic hydroxyl groups is 1. The molecule has 1 heterocycles. The molecule has 75 heavy (non-hydrogen) atoms. The minimum Gasteiger partial charge on any atom is -0.493 e. The second-order valence-corrected chi connectivity index (χ2v) is 21.7. The molecule has 0 aromatic heterocycles. The molecule has 6 N–H and O–H groups in total. The zero-order chi connectivity index (χ0) is 54.7. The first-order valence-electron chi connectivity index (χ1n) is 25.6. The van der Waals surface area contributed by atoms with Gasteiger partial charge in [0, 0.05) is 43.7 Å². The number of ether oxygens (including phenoxy) is 4. The number of methoxy groups -OCH3 is 2. The van der Waals surface area contributed by atoms with Crippen molar-refractivity contribution >= 4 is 45.3 Å². The molecule has 0 radical (unpaired) electrons. The monoisotopic (exact) mass is 1060 g/mol. The fourth-order valence-electron chi connectivity index (χ4n) is 8.56. The van der Waals surface area contributed by atoms with Crippen molar-refractivity contribution in [3.63, 3.8) is 0 Å². The van der Waals surface area contributed by atoms with Crippen LogP contribution in [0.25, 0.3) is 0 Å². The van der Waals surface area contributed by atoms with Crippen molar-refractivity contribution in [2.24, 2.45) is 11.3 Å². The lowest BCUT2D eigenvalue weighted by Crippen LogP contribution is -2.53. The Bertz CT molecular complexity index is 2630. The minimum absolute atomic E-state index is 0.0305. The Kier molecular flexibility index (Phi) is 22.3. The maximum Gasteiger partial charge on any atom is 0.329 e. The van der Waals surface area contributed by atoms with E-state index in [-0.39, 0.29) is 68.9 Å². The number of aliphatic hydroxyl groups excluding tert-OH is 1. The molecule has 19 heteroatoms. The molecule has 0 unspecified atom stereocenters. The van der Waals surface area contributed by atoms with Gasteiger partial charge in [-0.15, -0.1) is 0 Å². The molecule has 1 saturated heterocycles. The molecule has 4 amide bonds. The fraction of sp³-hybridized carbons (Fsp3) is 0.482. The summed E-state index contributed by atoms with van der Waals surface area (Å²) >= 11 is 0. The number of piperidine rings is 1. The first kappa shape index (κ1) is 59.2. The summed E-state index contributed by atoms with van der Waals surface area (Å²) in [6.45, 7) is 9.32. The number of urea groups is 1. The molecule has 1 fully saturated rings. The van der Waals surface area contributed by atoms with Crippen LogP contribution in [0.4, 0.5) is 10.5 Å². The number of rotatable bonds is 28. The molecular formula is C56H76N6O12S. The lowest BCUT2D eigenvalue weighted by molar-refractivity contribution is -0.164. The number of Topliss-reactive ketones (excluding diaryl/α,β-unsaturated/α-hetero) is 1. The molecule has 0 aliphatic carbocycles. The first-order valence-corrected chi connectivity index (χ1v) is 27.1. The van der Waals surface area contributed by atoms with E-state index >= 15 is 0 Å². The molecule has 1 aliphatic rings. The topological polar surface area (TPSA) is 245 Å². The number of nitrogens with one attached hydrogen (secondary N) is 3. The van der Waals surface area contributed by atoms with Gasteiger partial charge in [0.2, 0.25) is 21.7 Å². The molecular weight excluding hydrogens is 981 g/mol. The third-order valence-electron chi connectivity index (χ3n) is 13.2. The van der Waals surface area contributed by atoms with Crippen molar-refractivity contribution in [1.29, 1.82) is 0 Å². The average molecular weight is 1060 g/mol. The van der Waals surface area contributed by atoms with Gasteiger partial charge >= 0.3 is 12.0 Å². The molecule has 18 nitrogen and oxygen atoms in total. The average Bonchev–Trinajstić information content (AvgIpc) is 3.40. The summed E-state index contributed by atoms with van der Waals surface area (Å²) in [4.78, 5) is 68.5. The van der Waals surface area contributed by atoms with E-state index in [9.17, 15) is 37.5 Å². The van der Waals surface area contributed by atoms with Gasteiger partial charge in [-0.2, -0.15) is 4.31 Å². The van der Waals surface area contributed by atoms with Gasteiger partial charge in [-0.1, -0.05) is 83.1 Å². The van der Waals surface area contributed by atoms with Crippen LogP contribution in [0.15, 0.2) is 102 Å². The van der Waals surface area contributed by atoms with Gasteiger partial charge in [-0.25, -0.2) is 18.0 Å². The normalized spacial score (nSPS) is 15.1. The summed E-state index contributed by atoms with van der Waals surface area (Å²) in [5.74, 6) is -0.661. The number of anilines is 1. The molecule has 4 aromatic rings. The van der Waals surface area contributed by atoms with Crippen molar-refractivity contribution in [3.8, 4) is 17.2 Å². The number of benzene rings is 4. The number of nitrogens with zero attached hydrogens (tertiary/aromatic N) is 2. The van der Waals surface area contributed by atoms with E-state index in [0.717, 1.165) is 11.1 Å². The number of aryl methyl sites for hydroxylation is 1. The van der Waals surface area contributed by atoms with Crippen LogP contribution in [-0.4, -0.2) is 124 Å². The van der Waals surface area contributed by atoms with E-state index < -0.39 is 63.4 Å². The highest BCUT2D eigenvalue weighted by Crippen LogP contribution is 2.33. The van der Waals surface area contributed by atoms with Crippen LogP contribution in [0, 0.1) is 11.3 Å². The SMILES string of the molecule is CCC(C)(C)C(=O)C(=O)N1CCCC[C@H]1C(=O)O[C@H](CCc1ccc(OC)c(OC)c1)c1cccc(OCCNC(=O)CCNC(=O)N[C@@H](Cc2ccccc2)[C@H](O)CN(CC(C)C)S(=O)(=O)c2ccc(N)cc2)c1. The van der Waals surface area contributed by atoms with Gasteiger partial charge < -0.3 is 50.6 Å². The van der Waals surface area contributed by atoms with Crippen molar-refractivity contribution in [1.82, 2.24) is 25.2 Å². The lowest BCUT2D eigenvalue weighted by Gasteiger charge is -2.36. The van der Waals surface area contributed by atoms with E-state index in [4.69, 9.17) is 24.7 Å². The van der Waals surface area contributed by atoms with Gasteiger partial charge in [0.25, 0.3) is 5.91 Å². The Balaban J connectivity index is 1.18. The number of hydrogen-bond donors (Lipinski definition) is 5. The number of carbonyl (C=O) groups excluding carboxylic acids is 5. The van der Waals surface area contributed by atoms with Crippen LogP contribution in [0.3, 0.4) is 0 Å². The van der Waals surface area contributed by atoms with Crippen molar-refractivity contribution < 1.29 is 56.4 Å². The van der Waals surface area contributed by atoms with Crippen molar-refractivity contribution in [2.45, 2.75) is 115 Å². The van der Waals surface area contributed by atoms with Gasteiger partial charge in [0.1, 0.15) is 24.5 Å². The number of hydrogen-bond acceptors (Lipinski definition) is 13. The lowest BCUT2D eigenvalue weighted by atomic mass is 9.84. The predicted octanol–water partition coefficient (Wildman–Crippen LogP) is 6.39. The Labute approximate surface area is 442 Å². The van der Waals surface area contributed by atoms with Crippen LogP contribution < -0.4 is 35.9 Å². The highest BCUT2D eigenvalue weighted by molar-refractivity contribution is 7.89. The van der Waals surface area contributed by atoms with E-state index in [1.165, 1.54) is 33.5 Å². The Morgan fingerprint density at radius 2 is 1.57 bits per heavy atom. The fourth-order valence-corrected chi connectivity index (χ4v) is 10.2. The van der Waals surface area contributed by atoms with Crippen LogP contribution in [0.2, 0.25) is 0 Å². The molecule has 0 bridgehead atoms. The number of amides is 4. The molecule has 4 aromatic carbocycles. The molecule has 5 rings (SSSR count). The second kappa shape index (κ2) is 28.3. The standard InChI is InChI=1S/C56H76N6O12S/c1-8-56(4,5)52(65)53(66)62-31-13-12-19-46(62)54(67)74-48(26-20-40-21-27-49(71-6)50(34-40)72-7)41-17-14-18-43(35-41)73-32-30-58-51(64)28-29-59-55(68)60-45(33-39-15-10-9-11-16-39)47(63)37-61(36-38(2)3)75(69,70)44-24-22-42(57)23-25-44/h9-11,14-18,21-25,27,34-35,38,45-48,63H,8,12-13,19-20,26,28-33,36-37,57H2,1-7H3,(H,58,64)(H2,59,60,68)/t45-,46-,47+,48+/m0/s1. The van der Waals surface area contributed by atoms with Gasteiger partial charge in [0.05, 0.1) is 37.8 Å². The molecule has 408 valence electrons. The maximum atomic E-state index is 14.1. The summed E-state index contributed by atoms with van der Waals surface area (Å²) in [7, 11) is -0.925. The minimum atomic E-state index is -4.03. The number of sulfonamides is 1. The summed E-state index contributed by atoms with van der Waals surface area (Å²) < 4.78 is 52.0. The van der Waals surface area contributed by atoms with Crippen LogP contribution in [0.1, 0.15) is 95.9 Å². The predicted molar refractivity (Wildman–Crippen MR) is 286 cm³/mol. The van der Waals surface area contributed by atoms with Gasteiger partial charge in [-0.3, -0.25) is 14.4 Å². The third kappa shape index (κ3) is 17.4. The highest BCUT2D eigenvalue weighted by atomic mass is 32.2. The summed E-state index contributed by atoms with van der Waals surface area (Å²) in [6.07, 6.45) is 1.08. The number of nitrogens with two attached hydrogens (primary N) is 1. The smallest absolute Gasteiger partial charge is 0.329 e. The number of ketones is 1. The van der Waals surface area contributed by atoms with Gasteiger partial charge in [0.15, 0.2) is 11.5 Å². The largest absolute Gasteiger partial charge is 0.493 e. The van der Waals surface area contributed by atoms with Gasteiger partial charge in [-0.05, 0) is 116 Å².